The number of rotatable bonds is 12. The lowest BCUT2D eigenvalue weighted by molar-refractivity contribution is -0.164. The van der Waals surface area contributed by atoms with Gasteiger partial charge in [-0.1, -0.05) is 42.5 Å². The van der Waals surface area contributed by atoms with Gasteiger partial charge in [0.15, 0.2) is 5.54 Å². The van der Waals surface area contributed by atoms with Crippen molar-refractivity contribution in [2.45, 2.75) is 63.8 Å². The molecule has 0 saturated carbocycles. The van der Waals surface area contributed by atoms with Gasteiger partial charge in [0.25, 0.3) is 5.91 Å². The number of carbonyl (C=O) groups excluding carboxylic acids is 4. The number of carboxylic acid groups (broad SMARTS) is 1. The van der Waals surface area contributed by atoms with E-state index in [1.54, 1.807) is 51.1 Å². The van der Waals surface area contributed by atoms with E-state index in [-0.39, 0.29) is 18.6 Å². The molecule has 0 aliphatic rings. The van der Waals surface area contributed by atoms with Gasteiger partial charge >= 0.3 is 11.9 Å². The highest BCUT2D eigenvalue weighted by atomic mass is 16.6. The molecule has 0 bridgehead atoms. The maximum absolute atomic E-state index is 13.3. The van der Waals surface area contributed by atoms with Crippen LogP contribution in [-0.4, -0.2) is 81.6 Å². The second kappa shape index (κ2) is 13.8. The normalized spacial score (nSPS) is 14.1. The molecule has 3 atom stereocenters. The maximum Gasteiger partial charge on any atom is 0.336 e. The third-order valence-corrected chi connectivity index (χ3v) is 6.16. The molecule has 0 aliphatic carbocycles. The SMILES string of the molecule is C[C@@H](NC(=O)[C@@](N)(Cc1ccc(O)cc1)C(=O)OC(C)(C)C)C(=O)NCC(=O)N(C)[C@@H](Cc1ccccc1)C(=O)O. The van der Waals surface area contributed by atoms with E-state index < -0.39 is 59.4 Å². The van der Waals surface area contributed by atoms with Gasteiger partial charge in [-0.15, -0.1) is 0 Å². The van der Waals surface area contributed by atoms with Gasteiger partial charge in [0.2, 0.25) is 11.8 Å². The number of nitrogens with zero attached hydrogens (tertiary/aromatic N) is 1. The van der Waals surface area contributed by atoms with E-state index >= 15 is 0 Å². The molecule has 0 unspecified atom stereocenters. The summed E-state index contributed by atoms with van der Waals surface area (Å²) in [4.78, 5) is 64.5. The Morgan fingerprint density at radius 3 is 2.10 bits per heavy atom. The Hall–Kier alpha value is -4.45. The van der Waals surface area contributed by atoms with Gasteiger partial charge in [0.1, 0.15) is 23.4 Å². The molecule has 12 heteroatoms. The Labute approximate surface area is 238 Å². The molecule has 41 heavy (non-hydrogen) atoms. The molecule has 2 aromatic carbocycles. The lowest BCUT2D eigenvalue weighted by Crippen LogP contribution is -2.64. The lowest BCUT2D eigenvalue weighted by Gasteiger charge is -2.31. The molecule has 3 amide bonds. The van der Waals surface area contributed by atoms with Gasteiger partial charge in [0, 0.05) is 19.9 Å². The van der Waals surface area contributed by atoms with E-state index in [9.17, 15) is 34.2 Å². The number of nitrogens with one attached hydrogen (secondary N) is 2. The van der Waals surface area contributed by atoms with Crippen LogP contribution in [0.5, 0.6) is 5.75 Å². The first-order valence-corrected chi connectivity index (χ1v) is 12.9. The van der Waals surface area contributed by atoms with Gasteiger partial charge in [-0.2, -0.15) is 0 Å². The predicted molar refractivity (Wildman–Crippen MR) is 150 cm³/mol. The summed E-state index contributed by atoms with van der Waals surface area (Å²) in [6, 6.07) is 12.2. The first-order valence-electron chi connectivity index (χ1n) is 12.9. The summed E-state index contributed by atoms with van der Waals surface area (Å²) in [5, 5.41) is 24.0. The van der Waals surface area contributed by atoms with E-state index in [2.05, 4.69) is 10.6 Å². The van der Waals surface area contributed by atoms with Crippen LogP contribution in [0, 0.1) is 0 Å². The molecule has 6 N–H and O–H groups in total. The fourth-order valence-corrected chi connectivity index (χ4v) is 3.78. The standard InChI is InChI=1S/C29H38N4O8/c1-18(24(36)31-17-23(35)33(5)22(25(37)38)15-19-9-7-6-8-10-19)32-26(39)29(30,27(40)41-28(2,3)4)16-20-11-13-21(34)14-12-20/h6-14,18,22,34H,15-17,30H2,1-5H3,(H,31,36)(H,32,39)(H,37,38)/t18-,22+,29+/m1/s1. The van der Waals surface area contributed by atoms with Crippen LogP contribution in [0.3, 0.4) is 0 Å². The topological polar surface area (TPSA) is 188 Å². The molecule has 0 radical (unpaired) electrons. The summed E-state index contributed by atoms with van der Waals surface area (Å²) < 4.78 is 5.38. The number of carboxylic acids is 1. The summed E-state index contributed by atoms with van der Waals surface area (Å²) in [7, 11) is 1.33. The van der Waals surface area contributed by atoms with Crippen LogP contribution < -0.4 is 16.4 Å². The number of aliphatic carboxylic acids is 1. The largest absolute Gasteiger partial charge is 0.508 e. The van der Waals surface area contributed by atoms with Crippen LogP contribution >= 0.6 is 0 Å². The average Bonchev–Trinajstić information content (AvgIpc) is 2.90. The lowest BCUT2D eigenvalue weighted by atomic mass is 9.90. The molecular formula is C29H38N4O8. The second-order valence-electron chi connectivity index (χ2n) is 10.8. The van der Waals surface area contributed by atoms with E-state index in [0.29, 0.717) is 5.56 Å². The van der Waals surface area contributed by atoms with Gasteiger partial charge in [-0.05, 0) is 51.0 Å². The summed E-state index contributed by atoms with van der Waals surface area (Å²) in [6.45, 7) is 5.66. The highest BCUT2D eigenvalue weighted by Crippen LogP contribution is 2.20. The molecule has 12 nitrogen and oxygen atoms in total. The number of likely N-dealkylation sites (N-methyl/N-ethyl adjacent to an activating group) is 1. The Bertz CT molecular complexity index is 1240. The number of hydrogen-bond donors (Lipinski definition) is 5. The van der Waals surface area contributed by atoms with E-state index in [4.69, 9.17) is 10.5 Å². The highest BCUT2D eigenvalue weighted by Gasteiger charge is 2.46. The van der Waals surface area contributed by atoms with Crippen LogP contribution in [0.15, 0.2) is 54.6 Å². The number of aromatic hydroxyl groups is 1. The van der Waals surface area contributed by atoms with E-state index in [1.165, 1.54) is 38.2 Å². The van der Waals surface area contributed by atoms with Crippen molar-refractivity contribution < 1.29 is 38.9 Å². The first-order chi connectivity index (χ1) is 19.0. The Kier molecular flexibility index (Phi) is 11.0. The van der Waals surface area contributed by atoms with E-state index in [0.717, 1.165) is 10.5 Å². The fourth-order valence-electron chi connectivity index (χ4n) is 3.78. The minimum absolute atomic E-state index is 0.0154. The van der Waals surface area contributed by atoms with Gasteiger partial charge in [-0.3, -0.25) is 14.4 Å². The average molecular weight is 571 g/mol. The number of benzene rings is 2. The van der Waals surface area contributed by atoms with Gasteiger partial charge < -0.3 is 36.2 Å². The van der Waals surface area contributed by atoms with Crippen LogP contribution in [0.4, 0.5) is 0 Å². The van der Waals surface area contributed by atoms with E-state index in [1.807, 2.05) is 0 Å². The van der Waals surface area contributed by atoms with Crippen LogP contribution in [-0.2, 0) is 41.6 Å². The number of esters is 1. The van der Waals surface area contributed by atoms with Gasteiger partial charge in [-0.25, -0.2) is 9.59 Å². The smallest absolute Gasteiger partial charge is 0.336 e. The Morgan fingerprint density at radius 2 is 1.56 bits per heavy atom. The number of phenolic OH excluding ortho intramolecular Hbond substituents is 1. The molecule has 0 aliphatic heterocycles. The minimum atomic E-state index is -2.22. The maximum atomic E-state index is 13.3. The van der Waals surface area contributed by atoms with Crippen LogP contribution in [0.2, 0.25) is 0 Å². The second-order valence-corrected chi connectivity index (χ2v) is 10.8. The molecule has 0 spiro atoms. The van der Waals surface area contributed by atoms with Crippen molar-refractivity contribution in [1.82, 2.24) is 15.5 Å². The number of nitrogens with two attached hydrogens (primary N) is 1. The molecule has 0 fully saturated rings. The molecule has 0 saturated heterocycles. The summed E-state index contributed by atoms with van der Waals surface area (Å²) >= 11 is 0. The molecular weight excluding hydrogens is 532 g/mol. The third-order valence-electron chi connectivity index (χ3n) is 6.16. The highest BCUT2D eigenvalue weighted by molar-refractivity contribution is 6.08. The molecule has 2 rings (SSSR count). The Morgan fingerprint density at radius 1 is 0.976 bits per heavy atom. The quantitative estimate of drug-likeness (QED) is 0.181. The number of ether oxygens (including phenoxy) is 1. The van der Waals surface area contributed by atoms with Crippen molar-refractivity contribution in [2.75, 3.05) is 13.6 Å². The molecule has 222 valence electrons. The number of carbonyl (C=O) groups is 5. The van der Waals surface area contributed by atoms with Crippen LogP contribution in [0.1, 0.15) is 38.8 Å². The number of phenols is 1. The summed E-state index contributed by atoms with van der Waals surface area (Å²) in [5.74, 6) is -4.64. The van der Waals surface area contributed by atoms with Crippen molar-refractivity contribution in [1.29, 1.82) is 0 Å². The molecule has 2 aromatic rings. The summed E-state index contributed by atoms with van der Waals surface area (Å²) in [6.07, 6.45) is -0.216. The van der Waals surface area contributed by atoms with Crippen molar-refractivity contribution in [3.8, 4) is 5.75 Å². The first kappa shape index (κ1) is 32.8. The number of hydrogen-bond acceptors (Lipinski definition) is 8. The monoisotopic (exact) mass is 570 g/mol. The zero-order chi connectivity index (χ0) is 31.0. The third kappa shape index (κ3) is 9.60. The zero-order valence-corrected chi connectivity index (χ0v) is 23.8. The molecule has 0 heterocycles. The fraction of sp³-hybridized carbons (Fsp3) is 0.414. The Balaban J connectivity index is 2.07. The number of amides is 3. The predicted octanol–water partition coefficient (Wildman–Crippen LogP) is 0.749. The zero-order valence-electron chi connectivity index (χ0n) is 23.8. The van der Waals surface area contributed by atoms with Crippen molar-refractivity contribution in [3.05, 3.63) is 65.7 Å². The van der Waals surface area contributed by atoms with Crippen LogP contribution in [0.25, 0.3) is 0 Å². The summed E-state index contributed by atoms with van der Waals surface area (Å²) in [5.41, 5.74) is 4.30. The van der Waals surface area contributed by atoms with Crippen molar-refractivity contribution in [2.24, 2.45) is 5.73 Å². The minimum Gasteiger partial charge on any atom is -0.508 e. The van der Waals surface area contributed by atoms with Crippen molar-refractivity contribution >= 4 is 29.7 Å². The van der Waals surface area contributed by atoms with Gasteiger partial charge in [0.05, 0.1) is 6.54 Å². The molecule has 0 aromatic heterocycles. The van der Waals surface area contributed by atoms with Crippen molar-refractivity contribution in [3.63, 3.8) is 0 Å².